The van der Waals surface area contributed by atoms with Crippen molar-refractivity contribution in [1.29, 1.82) is 0 Å². The minimum atomic E-state index is 0.199. The molecule has 2 N–H and O–H groups in total. The second kappa shape index (κ2) is 5.35. The summed E-state index contributed by atoms with van der Waals surface area (Å²) < 4.78 is 0. The van der Waals surface area contributed by atoms with Gasteiger partial charge in [-0.15, -0.1) is 0 Å². The van der Waals surface area contributed by atoms with Crippen LogP contribution in [0.1, 0.15) is 39.5 Å². The van der Waals surface area contributed by atoms with Crippen LogP contribution in [0.4, 0.5) is 0 Å². The molecule has 0 bridgehead atoms. The van der Waals surface area contributed by atoms with Crippen LogP contribution in [-0.2, 0) is 4.79 Å². The molecule has 1 fully saturated rings. The Hall–Kier alpha value is -0.570. The number of nitrogens with zero attached hydrogens (tertiary/aromatic N) is 1. The van der Waals surface area contributed by atoms with E-state index in [1.165, 1.54) is 0 Å². The van der Waals surface area contributed by atoms with Gasteiger partial charge in [0.15, 0.2) is 0 Å². The van der Waals surface area contributed by atoms with Gasteiger partial charge in [0, 0.05) is 25.6 Å². The predicted molar refractivity (Wildman–Crippen MR) is 57.9 cm³/mol. The van der Waals surface area contributed by atoms with Crippen LogP contribution in [-0.4, -0.2) is 29.9 Å². The molecular weight excluding hydrogens is 176 g/mol. The van der Waals surface area contributed by atoms with Gasteiger partial charge in [0.25, 0.3) is 0 Å². The van der Waals surface area contributed by atoms with Gasteiger partial charge in [0.1, 0.15) is 0 Å². The highest BCUT2D eigenvalue weighted by molar-refractivity contribution is 5.76. The first-order valence-electron chi connectivity index (χ1n) is 5.66. The summed E-state index contributed by atoms with van der Waals surface area (Å²) in [4.78, 5) is 13.7. The Kier molecular flexibility index (Phi) is 4.39. The summed E-state index contributed by atoms with van der Waals surface area (Å²) in [6.07, 6.45) is 3.88. The van der Waals surface area contributed by atoms with Crippen molar-refractivity contribution in [2.75, 3.05) is 13.1 Å². The Labute approximate surface area is 86.6 Å². The molecule has 2 atom stereocenters. The first-order valence-corrected chi connectivity index (χ1v) is 5.66. The number of amides is 1. The highest BCUT2D eigenvalue weighted by Crippen LogP contribution is 2.13. The van der Waals surface area contributed by atoms with Crippen LogP contribution in [0.15, 0.2) is 0 Å². The lowest BCUT2D eigenvalue weighted by molar-refractivity contribution is -0.133. The van der Waals surface area contributed by atoms with Gasteiger partial charge in [-0.25, -0.2) is 0 Å². The second-order valence-electron chi connectivity index (χ2n) is 4.46. The van der Waals surface area contributed by atoms with E-state index in [1.54, 1.807) is 0 Å². The molecular formula is C11H22N2O. The van der Waals surface area contributed by atoms with Crippen molar-refractivity contribution in [2.45, 2.75) is 45.6 Å². The Bertz CT molecular complexity index is 194. The summed E-state index contributed by atoms with van der Waals surface area (Å²) in [7, 11) is 0. The summed E-state index contributed by atoms with van der Waals surface area (Å²) in [5.74, 6) is 0.787. The molecule has 0 spiro atoms. The standard InChI is InChI=1S/C11H22N2O/c1-3-9(2)7-11(14)13-6-4-5-10(12)8-13/h9-10H,3-8,12H2,1-2H3. The fraction of sp³-hybridized carbons (Fsp3) is 0.909. The summed E-state index contributed by atoms with van der Waals surface area (Å²) in [5.41, 5.74) is 5.83. The summed E-state index contributed by atoms with van der Waals surface area (Å²) >= 11 is 0. The number of piperidine rings is 1. The molecule has 82 valence electrons. The zero-order valence-corrected chi connectivity index (χ0v) is 9.33. The average Bonchev–Trinajstić information content (AvgIpc) is 2.17. The number of nitrogens with two attached hydrogens (primary N) is 1. The number of carbonyl (C=O) groups excluding carboxylic acids is 1. The van der Waals surface area contributed by atoms with E-state index in [1.807, 2.05) is 4.90 Å². The van der Waals surface area contributed by atoms with Gasteiger partial charge in [-0.3, -0.25) is 4.79 Å². The van der Waals surface area contributed by atoms with Crippen molar-refractivity contribution in [3.63, 3.8) is 0 Å². The van der Waals surface area contributed by atoms with E-state index in [0.717, 1.165) is 32.4 Å². The van der Waals surface area contributed by atoms with Crippen LogP contribution in [0, 0.1) is 5.92 Å². The maximum Gasteiger partial charge on any atom is 0.222 e. The smallest absolute Gasteiger partial charge is 0.222 e. The molecule has 0 saturated carbocycles. The molecule has 3 nitrogen and oxygen atoms in total. The summed E-state index contributed by atoms with van der Waals surface area (Å²) in [6.45, 7) is 5.92. The van der Waals surface area contributed by atoms with E-state index < -0.39 is 0 Å². The molecule has 1 saturated heterocycles. The molecule has 0 aliphatic carbocycles. The molecule has 2 unspecified atom stereocenters. The monoisotopic (exact) mass is 198 g/mol. The molecule has 1 aliphatic heterocycles. The number of rotatable bonds is 3. The third kappa shape index (κ3) is 3.29. The molecule has 1 rings (SSSR count). The van der Waals surface area contributed by atoms with Crippen LogP contribution >= 0.6 is 0 Å². The highest BCUT2D eigenvalue weighted by atomic mass is 16.2. The molecule has 1 heterocycles. The van der Waals surface area contributed by atoms with Crippen molar-refractivity contribution >= 4 is 5.91 Å². The van der Waals surface area contributed by atoms with Crippen LogP contribution in [0.3, 0.4) is 0 Å². The lowest BCUT2D eigenvalue weighted by atomic mass is 10.0. The first-order chi connectivity index (χ1) is 6.63. The van der Waals surface area contributed by atoms with Crippen LogP contribution in [0.2, 0.25) is 0 Å². The van der Waals surface area contributed by atoms with E-state index in [4.69, 9.17) is 5.73 Å². The van der Waals surface area contributed by atoms with Crippen molar-refractivity contribution < 1.29 is 4.79 Å². The molecule has 0 aromatic heterocycles. The van der Waals surface area contributed by atoms with Crippen molar-refractivity contribution in [2.24, 2.45) is 11.7 Å². The molecule has 1 amide bonds. The SMILES string of the molecule is CCC(C)CC(=O)N1CCCC(N)C1. The van der Waals surface area contributed by atoms with Crippen molar-refractivity contribution in [1.82, 2.24) is 4.90 Å². The maximum absolute atomic E-state index is 11.8. The predicted octanol–water partition coefficient (Wildman–Crippen LogP) is 1.37. The van der Waals surface area contributed by atoms with Gasteiger partial charge in [-0.1, -0.05) is 20.3 Å². The maximum atomic E-state index is 11.8. The topological polar surface area (TPSA) is 46.3 Å². The second-order valence-corrected chi connectivity index (χ2v) is 4.46. The molecule has 1 aliphatic rings. The Morgan fingerprint density at radius 1 is 1.64 bits per heavy atom. The lowest BCUT2D eigenvalue weighted by Crippen LogP contribution is -2.46. The summed E-state index contributed by atoms with van der Waals surface area (Å²) in [6, 6.07) is 0.199. The van der Waals surface area contributed by atoms with Crippen LogP contribution in [0.5, 0.6) is 0 Å². The third-order valence-corrected chi connectivity index (χ3v) is 3.03. The highest BCUT2D eigenvalue weighted by Gasteiger charge is 2.21. The van der Waals surface area contributed by atoms with Crippen LogP contribution < -0.4 is 5.73 Å². The van der Waals surface area contributed by atoms with E-state index >= 15 is 0 Å². The van der Waals surface area contributed by atoms with E-state index in [9.17, 15) is 4.79 Å². The van der Waals surface area contributed by atoms with E-state index in [2.05, 4.69) is 13.8 Å². The Morgan fingerprint density at radius 2 is 2.36 bits per heavy atom. The minimum Gasteiger partial charge on any atom is -0.341 e. The van der Waals surface area contributed by atoms with Crippen molar-refractivity contribution in [3.05, 3.63) is 0 Å². The molecule has 0 aromatic carbocycles. The molecule has 14 heavy (non-hydrogen) atoms. The van der Waals surface area contributed by atoms with Gasteiger partial charge < -0.3 is 10.6 Å². The largest absolute Gasteiger partial charge is 0.341 e. The van der Waals surface area contributed by atoms with Crippen molar-refractivity contribution in [3.8, 4) is 0 Å². The van der Waals surface area contributed by atoms with Gasteiger partial charge in [-0.2, -0.15) is 0 Å². The average molecular weight is 198 g/mol. The fourth-order valence-corrected chi connectivity index (χ4v) is 1.81. The number of hydrogen-bond acceptors (Lipinski definition) is 2. The first kappa shape index (κ1) is 11.5. The summed E-state index contributed by atoms with van der Waals surface area (Å²) in [5, 5.41) is 0. The number of carbonyl (C=O) groups is 1. The zero-order chi connectivity index (χ0) is 10.6. The molecule has 3 heteroatoms. The van der Waals surface area contributed by atoms with Gasteiger partial charge >= 0.3 is 0 Å². The third-order valence-electron chi connectivity index (χ3n) is 3.03. The number of hydrogen-bond donors (Lipinski definition) is 1. The van der Waals surface area contributed by atoms with Gasteiger partial charge in [0.05, 0.1) is 0 Å². The quantitative estimate of drug-likeness (QED) is 0.744. The van der Waals surface area contributed by atoms with Gasteiger partial charge in [0.2, 0.25) is 5.91 Å². The molecule has 0 aromatic rings. The number of likely N-dealkylation sites (tertiary alicyclic amines) is 1. The Morgan fingerprint density at radius 3 is 2.93 bits per heavy atom. The minimum absolute atomic E-state index is 0.199. The lowest BCUT2D eigenvalue weighted by Gasteiger charge is -2.31. The van der Waals surface area contributed by atoms with Gasteiger partial charge in [-0.05, 0) is 18.8 Å². The Balaban J connectivity index is 2.36. The van der Waals surface area contributed by atoms with E-state index in [0.29, 0.717) is 12.3 Å². The van der Waals surface area contributed by atoms with E-state index in [-0.39, 0.29) is 11.9 Å². The zero-order valence-electron chi connectivity index (χ0n) is 9.33. The fourth-order valence-electron chi connectivity index (χ4n) is 1.81. The normalized spacial score (nSPS) is 24.8. The van der Waals surface area contributed by atoms with Crippen LogP contribution in [0.25, 0.3) is 0 Å². The molecule has 0 radical (unpaired) electrons.